The number of anilines is 1. The van der Waals surface area contributed by atoms with Crippen molar-refractivity contribution in [2.24, 2.45) is 11.8 Å². The van der Waals surface area contributed by atoms with Crippen molar-refractivity contribution in [3.05, 3.63) is 54.1 Å². The van der Waals surface area contributed by atoms with E-state index >= 15 is 0 Å². The van der Waals surface area contributed by atoms with Crippen LogP contribution in [0.5, 0.6) is 0 Å². The van der Waals surface area contributed by atoms with Crippen LogP contribution in [-0.2, 0) is 30.7 Å². The molecule has 3 aromatic rings. The number of nitrogens with one attached hydrogen (secondary N) is 3. The zero-order chi connectivity index (χ0) is 32.8. The van der Waals surface area contributed by atoms with E-state index in [-0.39, 0.29) is 55.2 Å². The van der Waals surface area contributed by atoms with Crippen LogP contribution < -0.4 is 10.6 Å². The minimum Gasteiger partial charge on any atom is -0.443 e. The molecule has 5 rings (SSSR count). The molecule has 1 unspecified atom stereocenters. The van der Waals surface area contributed by atoms with Gasteiger partial charge in [0.15, 0.2) is 12.1 Å². The Balaban J connectivity index is 1.36. The fourth-order valence-electron chi connectivity index (χ4n) is 6.13. The Morgan fingerprint density at radius 1 is 1.13 bits per heavy atom. The molecule has 2 saturated heterocycles. The number of aliphatic hydroxyl groups is 1. The highest BCUT2D eigenvalue weighted by Gasteiger charge is 2.44. The number of benzene rings is 2. The average Bonchev–Trinajstić information content (AvgIpc) is 3.77. The maximum absolute atomic E-state index is 14.2. The van der Waals surface area contributed by atoms with Gasteiger partial charge in [-0.15, -0.1) is 0 Å². The first-order valence-corrected chi connectivity index (χ1v) is 17.7. The first-order valence-electron chi connectivity index (χ1n) is 16.3. The molecule has 5 atom stereocenters. The molecule has 46 heavy (non-hydrogen) atoms. The summed E-state index contributed by atoms with van der Waals surface area (Å²) in [6, 6.07) is 13.7. The molecule has 3 heterocycles. The first kappa shape index (κ1) is 34.1. The fourth-order valence-corrected chi connectivity index (χ4v) is 7.78. The number of aromatic nitrogens is 2. The summed E-state index contributed by atoms with van der Waals surface area (Å²) in [4.78, 5) is 13.2. The standard InChI is InChI=1S/C33H47N5O7S/c1-5-23(6-2)34-31-26-17-24(12-13-27(26)36-37-31)46(41,42)38(18-21(3)4)19-29(39)28(16-22-10-8-7-9-11-22)35-33(40)45-30-20-44-32-25(30)14-15-43-32/h7-13,17,21,23,25,28-30,32,39H,5-6,14-16,18-20H2,1-4H3,(H,35,40)(H2,34,36,37)/t25-,28-,29+,30?,32+/m0/s1. The molecule has 0 radical (unpaired) electrons. The number of fused-ring (bicyclic) bond motifs is 2. The van der Waals surface area contributed by atoms with Crippen molar-refractivity contribution in [1.29, 1.82) is 0 Å². The number of ether oxygens (including phenoxy) is 3. The normalized spacial score (nSPS) is 21.2. The Bertz CT molecular complexity index is 1550. The molecule has 2 aliphatic heterocycles. The van der Waals surface area contributed by atoms with Crippen LogP contribution in [0.4, 0.5) is 10.6 Å². The highest BCUT2D eigenvalue weighted by molar-refractivity contribution is 7.89. The van der Waals surface area contributed by atoms with Crippen LogP contribution in [0.2, 0.25) is 0 Å². The van der Waals surface area contributed by atoms with Gasteiger partial charge in [0.1, 0.15) is 6.10 Å². The molecule has 0 bridgehead atoms. The van der Waals surface area contributed by atoms with Gasteiger partial charge in [0.2, 0.25) is 10.0 Å². The molecule has 12 nitrogen and oxygen atoms in total. The highest BCUT2D eigenvalue weighted by atomic mass is 32.2. The number of alkyl carbamates (subject to hydrolysis) is 1. The number of aromatic amines is 1. The van der Waals surface area contributed by atoms with Gasteiger partial charge in [-0.2, -0.15) is 9.40 Å². The van der Waals surface area contributed by atoms with Crippen molar-refractivity contribution >= 4 is 32.8 Å². The summed E-state index contributed by atoms with van der Waals surface area (Å²) in [7, 11) is -4.05. The van der Waals surface area contributed by atoms with Gasteiger partial charge in [-0.25, -0.2) is 13.2 Å². The molecular weight excluding hydrogens is 610 g/mol. The molecule has 0 spiro atoms. The Kier molecular flexibility index (Phi) is 11.2. The minimum absolute atomic E-state index is 0.0267. The van der Waals surface area contributed by atoms with E-state index in [1.165, 1.54) is 4.31 Å². The van der Waals surface area contributed by atoms with Crippen molar-refractivity contribution in [1.82, 2.24) is 19.8 Å². The molecule has 13 heteroatoms. The third-order valence-corrected chi connectivity index (χ3v) is 10.6. The quantitative estimate of drug-likeness (QED) is 0.188. The zero-order valence-corrected chi connectivity index (χ0v) is 27.8. The second-order valence-electron chi connectivity index (χ2n) is 12.6. The third-order valence-electron chi connectivity index (χ3n) is 8.77. The number of carbonyl (C=O) groups is 1. The number of amides is 1. The molecular formula is C33H47N5O7S. The number of aliphatic hydroxyl groups excluding tert-OH is 1. The summed E-state index contributed by atoms with van der Waals surface area (Å²) in [6.45, 7) is 8.76. The highest BCUT2D eigenvalue weighted by Crippen LogP contribution is 2.33. The maximum atomic E-state index is 14.2. The van der Waals surface area contributed by atoms with E-state index < -0.39 is 34.4 Å². The first-order chi connectivity index (χ1) is 22.1. The molecule has 0 saturated carbocycles. The molecule has 1 amide bonds. The van der Waals surface area contributed by atoms with Gasteiger partial charge in [0.05, 0.1) is 41.7 Å². The second-order valence-corrected chi connectivity index (χ2v) is 14.6. The summed E-state index contributed by atoms with van der Waals surface area (Å²) in [5.41, 5.74) is 1.60. The molecule has 0 aliphatic carbocycles. The molecule has 252 valence electrons. The lowest BCUT2D eigenvalue weighted by atomic mass is 10.0. The summed E-state index contributed by atoms with van der Waals surface area (Å²) in [5.74, 6) is 0.541. The van der Waals surface area contributed by atoms with Crippen molar-refractivity contribution in [2.75, 3.05) is 31.6 Å². The Morgan fingerprint density at radius 3 is 2.61 bits per heavy atom. The van der Waals surface area contributed by atoms with Gasteiger partial charge >= 0.3 is 6.09 Å². The van der Waals surface area contributed by atoms with E-state index in [1.807, 2.05) is 44.2 Å². The van der Waals surface area contributed by atoms with Crippen LogP contribution in [0, 0.1) is 11.8 Å². The smallest absolute Gasteiger partial charge is 0.407 e. The lowest BCUT2D eigenvalue weighted by Crippen LogP contribution is -2.51. The van der Waals surface area contributed by atoms with Gasteiger partial charge in [0.25, 0.3) is 0 Å². The third kappa shape index (κ3) is 8.00. The summed E-state index contributed by atoms with van der Waals surface area (Å²) in [5, 5.41) is 25.9. The lowest BCUT2D eigenvalue weighted by molar-refractivity contribution is -0.0907. The van der Waals surface area contributed by atoms with Crippen molar-refractivity contribution in [2.45, 2.75) is 88.9 Å². The molecule has 2 fully saturated rings. The van der Waals surface area contributed by atoms with Gasteiger partial charge in [-0.3, -0.25) is 5.10 Å². The van der Waals surface area contributed by atoms with Gasteiger partial charge in [-0.1, -0.05) is 58.0 Å². The number of rotatable bonds is 15. The minimum atomic E-state index is -4.05. The van der Waals surface area contributed by atoms with Crippen LogP contribution in [-0.4, -0.2) is 91.0 Å². The zero-order valence-electron chi connectivity index (χ0n) is 27.0. The maximum Gasteiger partial charge on any atom is 0.407 e. The largest absolute Gasteiger partial charge is 0.443 e. The predicted octanol–water partition coefficient (Wildman–Crippen LogP) is 4.27. The number of H-pyrrole nitrogens is 1. The number of hydrogen-bond acceptors (Lipinski definition) is 9. The van der Waals surface area contributed by atoms with Gasteiger partial charge < -0.3 is 30.0 Å². The molecule has 4 N–H and O–H groups in total. The predicted molar refractivity (Wildman–Crippen MR) is 175 cm³/mol. The second kappa shape index (κ2) is 15.1. The Labute approximate surface area is 271 Å². The SMILES string of the molecule is CCC(CC)Nc1n[nH]c2ccc(S(=O)(=O)N(CC(C)C)C[C@@H](O)[C@H](Cc3ccccc3)NC(=O)OC3CO[C@H]4OCC[C@@H]34)cc12. The van der Waals surface area contributed by atoms with E-state index in [0.717, 1.165) is 30.3 Å². The van der Waals surface area contributed by atoms with Crippen molar-refractivity contribution in [3.8, 4) is 0 Å². The van der Waals surface area contributed by atoms with Crippen LogP contribution in [0.25, 0.3) is 10.9 Å². The van der Waals surface area contributed by atoms with E-state index in [2.05, 4.69) is 34.7 Å². The Morgan fingerprint density at radius 2 is 1.89 bits per heavy atom. The number of carbonyl (C=O) groups excluding carboxylic acids is 1. The number of nitrogens with zero attached hydrogens (tertiary/aromatic N) is 2. The van der Waals surface area contributed by atoms with E-state index in [0.29, 0.717) is 17.8 Å². The van der Waals surface area contributed by atoms with E-state index in [1.54, 1.807) is 18.2 Å². The fraction of sp³-hybridized carbons (Fsp3) is 0.576. The topological polar surface area (TPSA) is 155 Å². The monoisotopic (exact) mass is 657 g/mol. The van der Waals surface area contributed by atoms with Crippen LogP contribution in [0.3, 0.4) is 0 Å². The van der Waals surface area contributed by atoms with Gasteiger partial charge in [-0.05, 0) is 55.4 Å². The van der Waals surface area contributed by atoms with Crippen LogP contribution in [0.1, 0.15) is 52.5 Å². The number of sulfonamides is 1. The van der Waals surface area contributed by atoms with E-state index in [9.17, 15) is 18.3 Å². The van der Waals surface area contributed by atoms with Crippen LogP contribution in [0.15, 0.2) is 53.4 Å². The van der Waals surface area contributed by atoms with E-state index in [4.69, 9.17) is 14.2 Å². The van der Waals surface area contributed by atoms with Crippen LogP contribution >= 0.6 is 0 Å². The van der Waals surface area contributed by atoms with Crippen molar-refractivity contribution in [3.63, 3.8) is 0 Å². The summed E-state index contributed by atoms with van der Waals surface area (Å²) in [6.07, 6.45) is 0.0520. The molecule has 2 aliphatic rings. The average molecular weight is 658 g/mol. The Hall–Kier alpha value is -3.23. The van der Waals surface area contributed by atoms with Gasteiger partial charge in [0, 0.05) is 24.5 Å². The summed E-state index contributed by atoms with van der Waals surface area (Å²) >= 11 is 0. The summed E-state index contributed by atoms with van der Waals surface area (Å²) < 4.78 is 46.5. The lowest BCUT2D eigenvalue weighted by Gasteiger charge is -2.31. The number of hydrogen-bond donors (Lipinski definition) is 4. The molecule has 1 aromatic heterocycles. The molecule has 2 aromatic carbocycles. The van der Waals surface area contributed by atoms with Crippen molar-refractivity contribution < 1.29 is 32.5 Å².